The van der Waals surface area contributed by atoms with Crippen molar-refractivity contribution in [2.45, 2.75) is 25.7 Å². The van der Waals surface area contributed by atoms with Crippen LogP contribution in [-0.4, -0.2) is 28.1 Å². The quantitative estimate of drug-likeness (QED) is 0.721. The van der Waals surface area contributed by atoms with Gasteiger partial charge in [0.05, 0.1) is 0 Å². The molecule has 2 atom stereocenters. The number of carbonyl (C=O) groups excluding carboxylic acids is 1. The van der Waals surface area contributed by atoms with E-state index >= 15 is 0 Å². The standard InChI is InChI=1S/C18H19NO5/c1-12(20)19-16(18(22)23)17(21)14-7-9-15(10-8-14)24-11-13-5-3-2-4-6-13/h2-10,16-17,21H,11H2,1H3,(H,19,20)(H,22,23)/t16-,17?/m0/s1. The Labute approximate surface area is 139 Å². The molecule has 1 amide bonds. The highest BCUT2D eigenvalue weighted by molar-refractivity contribution is 5.82. The highest BCUT2D eigenvalue weighted by Gasteiger charge is 2.28. The molecule has 24 heavy (non-hydrogen) atoms. The minimum absolute atomic E-state index is 0.378. The van der Waals surface area contributed by atoms with Crippen LogP contribution in [0.2, 0.25) is 0 Å². The fraction of sp³-hybridized carbons (Fsp3) is 0.222. The molecule has 0 heterocycles. The third kappa shape index (κ3) is 4.82. The van der Waals surface area contributed by atoms with Crippen molar-refractivity contribution in [3.63, 3.8) is 0 Å². The Kier molecular flexibility index (Phi) is 5.92. The monoisotopic (exact) mass is 329 g/mol. The molecule has 0 bridgehead atoms. The summed E-state index contributed by atoms with van der Waals surface area (Å²) in [5.74, 6) is -1.23. The molecule has 126 valence electrons. The molecule has 0 spiro atoms. The fourth-order valence-electron chi connectivity index (χ4n) is 2.19. The molecule has 0 saturated heterocycles. The van der Waals surface area contributed by atoms with Gasteiger partial charge in [-0.3, -0.25) is 4.79 Å². The molecule has 0 aliphatic carbocycles. The molecule has 0 aliphatic rings. The second-order valence-electron chi connectivity index (χ2n) is 5.30. The minimum Gasteiger partial charge on any atom is -0.489 e. The van der Waals surface area contributed by atoms with Crippen LogP contribution in [0, 0.1) is 0 Å². The second-order valence-corrected chi connectivity index (χ2v) is 5.30. The lowest BCUT2D eigenvalue weighted by Crippen LogP contribution is -2.44. The van der Waals surface area contributed by atoms with Crippen LogP contribution in [0.4, 0.5) is 0 Å². The van der Waals surface area contributed by atoms with Crippen molar-refractivity contribution < 1.29 is 24.5 Å². The van der Waals surface area contributed by atoms with E-state index < -0.39 is 24.0 Å². The van der Waals surface area contributed by atoms with Gasteiger partial charge < -0.3 is 20.3 Å². The first-order valence-corrected chi connectivity index (χ1v) is 7.42. The summed E-state index contributed by atoms with van der Waals surface area (Å²) < 4.78 is 5.63. The van der Waals surface area contributed by atoms with Gasteiger partial charge in [-0.15, -0.1) is 0 Å². The summed E-state index contributed by atoms with van der Waals surface area (Å²) in [6, 6.07) is 14.7. The molecule has 6 nitrogen and oxygen atoms in total. The Morgan fingerprint density at radius 1 is 1.08 bits per heavy atom. The Hall–Kier alpha value is -2.86. The molecule has 6 heteroatoms. The largest absolute Gasteiger partial charge is 0.489 e. The third-order valence-corrected chi connectivity index (χ3v) is 3.41. The first-order valence-electron chi connectivity index (χ1n) is 7.42. The van der Waals surface area contributed by atoms with Gasteiger partial charge in [0.15, 0.2) is 6.04 Å². The molecule has 0 saturated carbocycles. The van der Waals surface area contributed by atoms with Gasteiger partial charge in [-0.25, -0.2) is 4.79 Å². The van der Waals surface area contributed by atoms with Gasteiger partial charge in [-0.1, -0.05) is 42.5 Å². The third-order valence-electron chi connectivity index (χ3n) is 3.41. The van der Waals surface area contributed by atoms with Crippen LogP contribution in [0.5, 0.6) is 5.75 Å². The van der Waals surface area contributed by atoms with E-state index in [2.05, 4.69) is 5.32 Å². The topological polar surface area (TPSA) is 95.9 Å². The Bertz CT molecular complexity index is 684. The summed E-state index contributed by atoms with van der Waals surface area (Å²) in [4.78, 5) is 22.2. The summed E-state index contributed by atoms with van der Waals surface area (Å²) in [7, 11) is 0. The first-order chi connectivity index (χ1) is 11.5. The number of ether oxygens (including phenoxy) is 1. The molecule has 0 aromatic heterocycles. The lowest BCUT2D eigenvalue weighted by molar-refractivity contribution is -0.145. The number of nitrogens with one attached hydrogen (secondary N) is 1. The maximum Gasteiger partial charge on any atom is 0.329 e. The first kappa shape index (κ1) is 17.5. The van der Waals surface area contributed by atoms with Crippen molar-refractivity contribution in [3.05, 3.63) is 65.7 Å². The van der Waals surface area contributed by atoms with Crippen molar-refractivity contribution in [2.24, 2.45) is 0 Å². The number of aliphatic hydroxyl groups excluding tert-OH is 1. The molecule has 0 aliphatic heterocycles. The second kappa shape index (κ2) is 8.12. The zero-order chi connectivity index (χ0) is 17.5. The number of benzene rings is 2. The van der Waals surface area contributed by atoms with E-state index in [0.29, 0.717) is 17.9 Å². The predicted molar refractivity (Wildman–Crippen MR) is 87.4 cm³/mol. The maximum atomic E-state index is 11.2. The van der Waals surface area contributed by atoms with Crippen LogP contribution >= 0.6 is 0 Å². The van der Waals surface area contributed by atoms with Gasteiger partial charge >= 0.3 is 5.97 Å². The van der Waals surface area contributed by atoms with E-state index in [4.69, 9.17) is 9.84 Å². The number of aliphatic carboxylic acids is 1. The number of hydrogen-bond donors (Lipinski definition) is 3. The van der Waals surface area contributed by atoms with Crippen LogP contribution in [0.15, 0.2) is 54.6 Å². The number of hydrogen-bond acceptors (Lipinski definition) is 4. The summed E-state index contributed by atoms with van der Waals surface area (Å²) in [5.41, 5.74) is 1.40. The van der Waals surface area contributed by atoms with Crippen LogP contribution in [0.25, 0.3) is 0 Å². The minimum atomic E-state index is -1.40. The van der Waals surface area contributed by atoms with Crippen molar-refractivity contribution in [1.29, 1.82) is 0 Å². The average molecular weight is 329 g/mol. The van der Waals surface area contributed by atoms with Crippen LogP contribution < -0.4 is 10.1 Å². The van der Waals surface area contributed by atoms with E-state index in [0.717, 1.165) is 5.56 Å². The summed E-state index contributed by atoms with van der Waals surface area (Å²) in [6.45, 7) is 1.61. The van der Waals surface area contributed by atoms with Crippen LogP contribution in [0.1, 0.15) is 24.2 Å². The molecular weight excluding hydrogens is 310 g/mol. The SMILES string of the molecule is CC(=O)N[C@H](C(=O)O)C(O)c1ccc(OCc2ccccc2)cc1. The van der Waals surface area contributed by atoms with E-state index in [1.54, 1.807) is 24.3 Å². The van der Waals surface area contributed by atoms with Gasteiger partial charge in [0.25, 0.3) is 0 Å². The lowest BCUT2D eigenvalue weighted by atomic mass is 10.0. The van der Waals surface area contributed by atoms with Gasteiger partial charge in [0, 0.05) is 6.92 Å². The van der Waals surface area contributed by atoms with E-state index in [1.165, 1.54) is 6.92 Å². The van der Waals surface area contributed by atoms with Gasteiger partial charge in [-0.2, -0.15) is 0 Å². The van der Waals surface area contributed by atoms with E-state index in [1.807, 2.05) is 30.3 Å². The predicted octanol–water partition coefficient (Wildman–Crippen LogP) is 1.89. The number of carboxylic acid groups (broad SMARTS) is 1. The summed E-state index contributed by atoms with van der Waals surface area (Å²) in [6.07, 6.45) is -1.35. The number of carbonyl (C=O) groups is 2. The number of amides is 1. The summed E-state index contributed by atoms with van der Waals surface area (Å²) >= 11 is 0. The Morgan fingerprint density at radius 3 is 2.25 bits per heavy atom. The molecule has 2 aromatic rings. The number of carboxylic acids is 1. The fourth-order valence-corrected chi connectivity index (χ4v) is 2.19. The Morgan fingerprint density at radius 2 is 1.71 bits per heavy atom. The smallest absolute Gasteiger partial charge is 0.329 e. The van der Waals surface area contributed by atoms with Crippen LogP contribution in [0.3, 0.4) is 0 Å². The van der Waals surface area contributed by atoms with Gasteiger partial charge in [0.2, 0.25) is 5.91 Å². The maximum absolute atomic E-state index is 11.2. The average Bonchev–Trinajstić information content (AvgIpc) is 2.58. The summed E-state index contributed by atoms with van der Waals surface area (Å²) in [5, 5.41) is 21.5. The molecule has 0 fully saturated rings. The van der Waals surface area contributed by atoms with E-state index in [-0.39, 0.29) is 0 Å². The highest BCUT2D eigenvalue weighted by Crippen LogP contribution is 2.21. The van der Waals surface area contributed by atoms with Gasteiger partial charge in [0.1, 0.15) is 18.5 Å². The molecule has 2 rings (SSSR count). The Balaban J connectivity index is 2.02. The van der Waals surface area contributed by atoms with Crippen molar-refractivity contribution in [1.82, 2.24) is 5.32 Å². The van der Waals surface area contributed by atoms with Crippen molar-refractivity contribution >= 4 is 11.9 Å². The van der Waals surface area contributed by atoms with Crippen LogP contribution in [-0.2, 0) is 16.2 Å². The van der Waals surface area contributed by atoms with Crippen molar-refractivity contribution in [2.75, 3.05) is 0 Å². The zero-order valence-corrected chi connectivity index (χ0v) is 13.2. The zero-order valence-electron chi connectivity index (χ0n) is 13.2. The molecule has 2 aromatic carbocycles. The molecular formula is C18H19NO5. The number of rotatable bonds is 7. The number of aliphatic hydroxyl groups is 1. The highest BCUT2D eigenvalue weighted by atomic mass is 16.5. The van der Waals surface area contributed by atoms with Crippen molar-refractivity contribution in [3.8, 4) is 5.75 Å². The van der Waals surface area contributed by atoms with E-state index in [9.17, 15) is 14.7 Å². The normalized spacial score (nSPS) is 12.9. The molecule has 3 N–H and O–H groups in total. The molecule has 1 unspecified atom stereocenters. The van der Waals surface area contributed by atoms with Gasteiger partial charge in [-0.05, 0) is 23.3 Å². The molecule has 0 radical (unpaired) electrons. The lowest BCUT2D eigenvalue weighted by Gasteiger charge is -2.20.